The molecule has 0 aliphatic rings. The summed E-state index contributed by atoms with van der Waals surface area (Å²) in [5, 5.41) is 2.97. The van der Waals surface area contributed by atoms with Gasteiger partial charge < -0.3 is 0 Å². The van der Waals surface area contributed by atoms with E-state index in [1.54, 1.807) is 0 Å². The summed E-state index contributed by atoms with van der Waals surface area (Å²) >= 11 is 0. The van der Waals surface area contributed by atoms with Crippen LogP contribution in [-0.4, -0.2) is 33.7 Å². The van der Waals surface area contributed by atoms with Crippen LogP contribution in [-0.2, 0) is 14.4 Å². The molecule has 0 heterocycles. The van der Waals surface area contributed by atoms with Crippen molar-refractivity contribution in [1.29, 1.82) is 0 Å². The van der Waals surface area contributed by atoms with Crippen LogP contribution in [0.25, 0.3) is 0 Å². The standard InChI is InChI=1S/C7H16BNO3S/c1-7(2)3-4-9-5-6-13(11,12)8-10/h7,9H,3-6H2,1-2H3. The molecule has 0 aromatic carbocycles. The van der Waals surface area contributed by atoms with Crippen molar-refractivity contribution < 1.29 is 13.1 Å². The fourth-order valence-corrected chi connectivity index (χ4v) is 1.30. The predicted molar refractivity (Wildman–Crippen MR) is 52.6 cm³/mol. The summed E-state index contributed by atoms with van der Waals surface area (Å²) in [6.45, 7) is 5.35. The third-order valence-corrected chi connectivity index (χ3v) is 2.67. The monoisotopic (exact) mass is 205 g/mol. The summed E-state index contributed by atoms with van der Waals surface area (Å²) in [7, 11) is -3.46. The molecule has 0 aromatic rings. The Balaban J connectivity index is 3.42. The van der Waals surface area contributed by atoms with Crippen LogP contribution in [0.3, 0.4) is 0 Å². The fraction of sp³-hybridized carbons (Fsp3) is 1.00. The van der Waals surface area contributed by atoms with E-state index >= 15 is 0 Å². The summed E-state index contributed by atoms with van der Waals surface area (Å²) in [6, 6.07) is 0. The Morgan fingerprint density at radius 2 is 1.92 bits per heavy atom. The Bertz CT molecular complexity index is 238. The minimum absolute atomic E-state index is 0.0110. The minimum atomic E-state index is -3.46. The molecule has 6 heteroatoms. The maximum absolute atomic E-state index is 10.7. The van der Waals surface area contributed by atoms with Crippen molar-refractivity contribution in [3.8, 4) is 0 Å². The first kappa shape index (κ1) is 12.8. The second-order valence-electron chi connectivity index (χ2n) is 3.40. The average Bonchev–Trinajstić information content (AvgIpc) is 2.03. The molecule has 0 radical (unpaired) electrons. The van der Waals surface area contributed by atoms with E-state index in [4.69, 9.17) is 0 Å². The van der Waals surface area contributed by atoms with E-state index in [1.807, 2.05) is 0 Å². The molecule has 4 nitrogen and oxygen atoms in total. The molecule has 0 amide bonds. The van der Waals surface area contributed by atoms with Crippen molar-refractivity contribution in [3.63, 3.8) is 0 Å². The second kappa shape index (κ2) is 6.26. The number of rotatable bonds is 7. The third-order valence-electron chi connectivity index (χ3n) is 1.61. The topological polar surface area (TPSA) is 63.2 Å². The molecule has 0 aliphatic carbocycles. The average molecular weight is 205 g/mol. The molecular weight excluding hydrogens is 189 g/mol. The van der Waals surface area contributed by atoms with Crippen LogP contribution >= 0.6 is 0 Å². The van der Waals surface area contributed by atoms with Crippen molar-refractivity contribution in [2.45, 2.75) is 20.3 Å². The van der Waals surface area contributed by atoms with Gasteiger partial charge in [0.15, 0.2) is 0 Å². The summed E-state index contributed by atoms with van der Waals surface area (Å²) in [5.41, 5.74) is 0. The molecule has 0 fully saturated rings. The van der Waals surface area contributed by atoms with Gasteiger partial charge in [-0.2, -0.15) is 0 Å². The SMILES string of the molecule is CC(C)CCNCCS(=O)(=O)B=O. The van der Waals surface area contributed by atoms with Crippen molar-refractivity contribution in [3.05, 3.63) is 0 Å². The van der Waals surface area contributed by atoms with Gasteiger partial charge in [-0.25, -0.2) is 0 Å². The molecule has 0 bridgehead atoms. The number of hydrogen-bond acceptors (Lipinski definition) is 4. The molecule has 0 rings (SSSR count). The van der Waals surface area contributed by atoms with Crippen LogP contribution in [0, 0.1) is 5.92 Å². The van der Waals surface area contributed by atoms with Crippen LogP contribution in [0.15, 0.2) is 0 Å². The van der Waals surface area contributed by atoms with Crippen LogP contribution < -0.4 is 5.32 Å². The normalized spacial score (nSPS) is 11.6. The fourth-order valence-electron chi connectivity index (χ4n) is 0.778. The van der Waals surface area contributed by atoms with Crippen LogP contribution in [0.4, 0.5) is 0 Å². The molecule has 0 unspecified atom stereocenters. The zero-order valence-electron chi connectivity index (χ0n) is 8.12. The summed E-state index contributed by atoms with van der Waals surface area (Å²) in [4.78, 5) is 0. The summed E-state index contributed by atoms with van der Waals surface area (Å²) in [5.74, 6) is 0.504. The van der Waals surface area contributed by atoms with E-state index in [2.05, 4.69) is 19.2 Å². The Hall–Kier alpha value is -0.225. The van der Waals surface area contributed by atoms with Crippen molar-refractivity contribution in [2.24, 2.45) is 5.92 Å². The Morgan fingerprint density at radius 1 is 1.31 bits per heavy atom. The quantitative estimate of drug-likeness (QED) is 0.469. The van der Waals surface area contributed by atoms with Gasteiger partial charge in [0.05, 0.1) is 0 Å². The van der Waals surface area contributed by atoms with E-state index < -0.39 is 9.69 Å². The molecule has 1 N–H and O–H groups in total. The van der Waals surface area contributed by atoms with Gasteiger partial charge in [0.1, 0.15) is 0 Å². The van der Waals surface area contributed by atoms with E-state index in [0.29, 0.717) is 12.5 Å². The van der Waals surface area contributed by atoms with Gasteiger partial charge in [0.2, 0.25) is 0 Å². The summed E-state index contributed by atoms with van der Waals surface area (Å²) in [6.07, 6.45) is 1.03. The van der Waals surface area contributed by atoms with E-state index in [-0.39, 0.29) is 12.2 Å². The number of nitrogens with one attached hydrogen (secondary N) is 1. The molecule has 76 valence electrons. The van der Waals surface area contributed by atoms with Gasteiger partial charge in [-0.05, 0) is 0 Å². The Morgan fingerprint density at radius 3 is 2.38 bits per heavy atom. The Kier molecular flexibility index (Phi) is 6.15. The molecule has 0 saturated carbocycles. The van der Waals surface area contributed by atoms with Gasteiger partial charge in [0.25, 0.3) is 0 Å². The molecule has 0 aliphatic heterocycles. The van der Waals surface area contributed by atoms with Crippen molar-refractivity contribution >= 4 is 16.1 Å². The van der Waals surface area contributed by atoms with Crippen LogP contribution in [0.5, 0.6) is 0 Å². The molecule has 0 spiro atoms. The summed E-state index contributed by atoms with van der Waals surface area (Å²) < 4.78 is 31.4. The Labute approximate surface area is 80.2 Å². The zero-order valence-corrected chi connectivity index (χ0v) is 8.93. The van der Waals surface area contributed by atoms with Gasteiger partial charge in [-0.15, -0.1) is 0 Å². The second-order valence-corrected chi connectivity index (χ2v) is 5.32. The zero-order chi connectivity index (χ0) is 10.3. The molecule has 0 saturated heterocycles. The predicted octanol–water partition coefficient (Wildman–Crippen LogP) is 0.00160. The molecular formula is C7H16BNO3S. The first-order chi connectivity index (χ1) is 5.98. The third kappa shape index (κ3) is 8.11. The van der Waals surface area contributed by atoms with Crippen LogP contribution in [0.1, 0.15) is 20.3 Å². The molecule has 0 atom stereocenters. The molecule has 13 heavy (non-hydrogen) atoms. The van der Waals surface area contributed by atoms with Crippen LogP contribution in [0.2, 0.25) is 0 Å². The van der Waals surface area contributed by atoms with Gasteiger partial charge in [-0.1, -0.05) is 0 Å². The van der Waals surface area contributed by atoms with Gasteiger partial charge in [-0.3, -0.25) is 0 Å². The van der Waals surface area contributed by atoms with E-state index in [9.17, 15) is 13.1 Å². The first-order valence-electron chi connectivity index (χ1n) is 4.36. The van der Waals surface area contributed by atoms with E-state index in [0.717, 1.165) is 13.0 Å². The number of hydrogen-bond donors (Lipinski definition) is 1. The van der Waals surface area contributed by atoms with Gasteiger partial charge >= 0.3 is 79.6 Å². The molecule has 0 aromatic heterocycles. The van der Waals surface area contributed by atoms with Crippen molar-refractivity contribution in [2.75, 3.05) is 18.8 Å². The van der Waals surface area contributed by atoms with E-state index in [1.165, 1.54) is 0 Å². The maximum atomic E-state index is 10.7. The van der Waals surface area contributed by atoms with Gasteiger partial charge in [0, 0.05) is 0 Å². The first-order valence-corrected chi connectivity index (χ1v) is 6.08. The van der Waals surface area contributed by atoms with Crippen molar-refractivity contribution in [1.82, 2.24) is 5.32 Å².